The second kappa shape index (κ2) is 8.14. The van der Waals surface area contributed by atoms with E-state index in [0.29, 0.717) is 16.4 Å². The quantitative estimate of drug-likeness (QED) is 0.337. The van der Waals surface area contributed by atoms with Crippen molar-refractivity contribution in [2.24, 2.45) is 0 Å². The first kappa shape index (κ1) is 20.7. The van der Waals surface area contributed by atoms with Gasteiger partial charge in [0.25, 0.3) is 5.69 Å². The lowest BCUT2D eigenvalue weighted by atomic mass is 10.2. The zero-order chi connectivity index (χ0) is 21.9. The summed E-state index contributed by atoms with van der Waals surface area (Å²) in [6, 6.07) is 7.51. The fraction of sp³-hybridized carbons (Fsp3) is 0.176. The van der Waals surface area contributed by atoms with E-state index in [1.807, 2.05) is 0 Å². The smallest absolute Gasteiger partial charge is 0.434 e. The van der Waals surface area contributed by atoms with Gasteiger partial charge < -0.3 is 9.47 Å². The Bertz CT molecular complexity index is 1060. The number of aromatic nitrogens is 4. The molecule has 10 nitrogen and oxygen atoms in total. The zero-order valence-corrected chi connectivity index (χ0v) is 15.2. The number of esters is 1. The Morgan fingerprint density at radius 3 is 2.40 bits per heavy atom. The summed E-state index contributed by atoms with van der Waals surface area (Å²) in [6.45, 7) is -0.387. The van der Waals surface area contributed by atoms with Crippen molar-refractivity contribution in [3.63, 3.8) is 0 Å². The van der Waals surface area contributed by atoms with E-state index in [2.05, 4.69) is 15.3 Å². The zero-order valence-electron chi connectivity index (χ0n) is 15.2. The van der Waals surface area contributed by atoms with Crippen LogP contribution in [-0.4, -0.2) is 38.0 Å². The fourth-order valence-electron chi connectivity index (χ4n) is 2.42. The molecule has 2 heterocycles. The molecule has 0 saturated heterocycles. The van der Waals surface area contributed by atoms with Crippen LogP contribution in [0.1, 0.15) is 21.6 Å². The van der Waals surface area contributed by atoms with E-state index >= 15 is 0 Å². The molecule has 1 aromatic carbocycles. The summed E-state index contributed by atoms with van der Waals surface area (Å²) in [4.78, 5) is 22.3. The maximum absolute atomic E-state index is 13.6. The van der Waals surface area contributed by atoms with Crippen molar-refractivity contribution >= 4 is 11.7 Å². The highest BCUT2D eigenvalue weighted by Gasteiger charge is 2.41. The van der Waals surface area contributed by atoms with Crippen LogP contribution in [-0.2, 0) is 17.5 Å². The third-order valence-corrected chi connectivity index (χ3v) is 3.83. The number of nitrogens with zero attached hydrogens (tertiary/aromatic N) is 5. The van der Waals surface area contributed by atoms with Gasteiger partial charge in [0.05, 0.1) is 18.2 Å². The van der Waals surface area contributed by atoms with Crippen molar-refractivity contribution in [1.82, 2.24) is 20.0 Å². The molecule has 0 N–H and O–H groups in total. The van der Waals surface area contributed by atoms with Gasteiger partial charge in [0.2, 0.25) is 5.88 Å². The number of carbonyl (C=O) groups excluding carboxylic acids is 1. The van der Waals surface area contributed by atoms with Crippen LogP contribution in [0.5, 0.6) is 5.88 Å². The highest BCUT2D eigenvalue weighted by atomic mass is 19.4. The molecule has 0 fully saturated rings. The fourth-order valence-corrected chi connectivity index (χ4v) is 2.42. The van der Waals surface area contributed by atoms with Gasteiger partial charge in [-0.1, -0.05) is 0 Å². The van der Waals surface area contributed by atoms with Gasteiger partial charge in [-0.25, -0.2) is 9.48 Å². The summed E-state index contributed by atoms with van der Waals surface area (Å²) in [7, 11) is 1.32. The van der Waals surface area contributed by atoms with Gasteiger partial charge in [0.15, 0.2) is 11.5 Å². The summed E-state index contributed by atoms with van der Waals surface area (Å²) in [6.07, 6.45) is -4.23. The van der Waals surface area contributed by atoms with Gasteiger partial charge >= 0.3 is 12.1 Å². The molecule has 0 aliphatic heterocycles. The molecule has 2 aromatic heterocycles. The summed E-state index contributed by atoms with van der Waals surface area (Å²) >= 11 is 0. The van der Waals surface area contributed by atoms with E-state index < -0.39 is 28.3 Å². The number of hydrogen-bond acceptors (Lipinski definition) is 8. The van der Waals surface area contributed by atoms with E-state index in [4.69, 9.17) is 9.47 Å². The number of alkyl halides is 3. The largest absolute Gasteiger partial charge is 0.480 e. The van der Waals surface area contributed by atoms with Gasteiger partial charge in [0, 0.05) is 18.2 Å². The maximum Gasteiger partial charge on any atom is 0.434 e. The predicted octanol–water partition coefficient (Wildman–Crippen LogP) is 2.95. The molecule has 0 aliphatic rings. The molecular weight excluding hydrogens is 411 g/mol. The Hall–Kier alpha value is -4.03. The van der Waals surface area contributed by atoms with E-state index in [9.17, 15) is 28.1 Å². The first-order valence-electron chi connectivity index (χ1n) is 8.14. The third-order valence-electron chi connectivity index (χ3n) is 3.83. The minimum Gasteiger partial charge on any atom is -0.480 e. The molecule has 0 atom stereocenters. The number of methoxy groups -OCH3 is 1. The van der Waals surface area contributed by atoms with Crippen molar-refractivity contribution < 1.29 is 32.4 Å². The van der Waals surface area contributed by atoms with Crippen LogP contribution in [0, 0.1) is 10.1 Å². The van der Waals surface area contributed by atoms with Crippen molar-refractivity contribution in [3.05, 3.63) is 69.5 Å². The average Bonchev–Trinajstić information content (AvgIpc) is 3.18. The molecular formula is C17H12F3N5O5. The van der Waals surface area contributed by atoms with Crippen LogP contribution in [0.15, 0.2) is 42.6 Å². The van der Waals surface area contributed by atoms with Gasteiger partial charge in [-0.05, 0) is 23.8 Å². The number of benzene rings is 1. The van der Waals surface area contributed by atoms with Gasteiger partial charge in [-0.3, -0.25) is 10.1 Å². The van der Waals surface area contributed by atoms with Crippen LogP contribution in [0.3, 0.4) is 0 Å². The number of carbonyl (C=O) groups is 1. The molecule has 0 bridgehead atoms. The third kappa shape index (κ3) is 4.34. The lowest BCUT2D eigenvalue weighted by molar-refractivity contribution is -0.384. The van der Waals surface area contributed by atoms with Crippen molar-refractivity contribution in [1.29, 1.82) is 0 Å². The number of rotatable bonds is 6. The molecule has 13 heteroatoms. The minimum absolute atomic E-state index is 0.0854. The Kier molecular flexibility index (Phi) is 5.62. The number of halogens is 3. The van der Waals surface area contributed by atoms with Crippen LogP contribution in [0.4, 0.5) is 18.9 Å². The second-order valence-electron chi connectivity index (χ2n) is 5.75. The topological polar surface area (TPSA) is 122 Å². The van der Waals surface area contributed by atoms with Crippen molar-refractivity contribution in [2.75, 3.05) is 7.11 Å². The van der Waals surface area contributed by atoms with E-state index in [0.717, 1.165) is 0 Å². The van der Waals surface area contributed by atoms with Crippen molar-refractivity contribution in [3.8, 4) is 11.7 Å². The van der Waals surface area contributed by atoms with E-state index in [1.54, 1.807) is 0 Å². The van der Waals surface area contributed by atoms with Crippen LogP contribution in [0.2, 0.25) is 0 Å². The number of hydrogen-bond donors (Lipinski definition) is 0. The van der Waals surface area contributed by atoms with Crippen LogP contribution in [0.25, 0.3) is 5.82 Å². The summed E-state index contributed by atoms with van der Waals surface area (Å²) in [5, 5.41) is 21.4. The summed E-state index contributed by atoms with van der Waals surface area (Å²) < 4.78 is 51.0. The second-order valence-corrected chi connectivity index (χ2v) is 5.75. The average molecular weight is 423 g/mol. The first-order chi connectivity index (χ1) is 14.2. The Morgan fingerprint density at radius 2 is 1.87 bits per heavy atom. The normalized spacial score (nSPS) is 11.2. The lowest BCUT2D eigenvalue weighted by Gasteiger charge is -2.12. The van der Waals surface area contributed by atoms with Gasteiger partial charge in [0.1, 0.15) is 12.2 Å². The number of ether oxygens (including phenoxy) is 2. The van der Waals surface area contributed by atoms with Crippen molar-refractivity contribution in [2.45, 2.75) is 12.8 Å². The molecule has 0 spiro atoms. The molecule has 156 valence electrons. The van der Waals surface area contributed by atoms with Gasteiger partial charge in [-0.2, -0.15) is 18.3 Å². The highest BCUT2D eigenvalue weighted by Crippen LogP contribution is 2.33. The molecule has 3 rings (SSSR count). The predicted molar refractivity (Wildman–Crippen MR) is 92.9 cm³/mol. The maximum atomic E-state index is 13.6. The molecule has 0 unspecified atom stereocenters. The molecule has 0 saturated carbocycles. The highest BCUT2D eigenvalue weighted by molar-refractivity contribution is 5.90. The molecule has 0 aliphatic carbocycles. The Morgan fingerprint density at radius 1 is 1.17 bits per heavy atom. The van der Waals surface area contributed by atoms with Crippen LogP contribution >= 0.6 is 0 Å². The Labute approximate surface area is 166 Å². The Balaban J connectivity index is 1.84. The standard InChI is InChI=1S/C17H12F3N5O5/c1-29-14-7-6-13(22-23-14)24-15(17(18,19)20)12(8-21-24)16(26)30-9-10-2-4-11(5-3-10)25(27)28/h2-8H,9H2,1H3. The van der Waals surface area contributed by atoms with E-state index in [1.165, 1.54) is 43.5 Å². The molecule has 3 aromatic rings. The van der Waals surface area contributed by atoms with E-state index in [-0.39, 0.29) is 24.0 Å². The number of non-ortho nitro benzene ring substituents is 1. The van der Waals surface area contributed by atoms with Gasteiger partial charge in [-0.15, -0.1) is 10.2 Å². The monoisotopic (exact) mass is 423 g/mol. The molecule has 0 amide bonds. The minimum atomic E-state index is -4.94. The molecule has 0 radical (unpaired) electrons. The first-order valence-corrected chi connectivity index (χ1v) is 8.14. The summed E-state index contributed by atoms with van der Waals surface area (Å²) in [5.74, 6) is -1.46. The lowest BCUT2D eigenvalue weighted by Crippen LogP contribution is -2.19. The number of nitro groups is 1. The molecule has 30 heavy (non-hydrogen) atoms. The number of nitro benzene ring substituents is 1. The van der Waals surface area contributed by atoms with Crippen LogP contribution < -0.4 is 4.74 Å². The SMILES string of the molecule is COc1ccc(-n2ncc(C(=O)OCc3ccc([N+](=O)[O-])cc3)c2C(F)(F)F)nn1. The summed E-state index contributed by atoms with van der Waals surface area (Å²) in [5.41, 5.74) is -2.01.